The van der Waals surface area contributed by atoms with E-state index in [0.29, 0.717) is 5.56 Å². The van der Waals surface area contributed by atoms with Gasteiger partial charge in [0.15, 0.2) is 0 Å². The molecular formula is C13H21N3O2. The number of hydrogen-bond acceptors (Lipinski definition) is 4. The second-order valence-corrected chi connectivity index (χ2v) is 4.81. The number of aliphatic hydroxyl groups is 1. The molecule has 0 aliphatic carbocycles. The van der Waals surface area contributed by atoms with Gasteiger partial charge in [-0.3, -0.25) is 4.79 Å². The molecule has 1 amide bonds. The molecule has 0 aromatic carbocycles. The Labute approximate surface area is 108 Å². The highest BCUT2D eigenvalue weighted by Gasteiger charge is 2.16. The number of carbonyl (C=O) groups excluding carboxylic acids is 1. The molecule has 1 aromatic heterocycles. The highest BCUT2D eigenvalue weighted by Crippen LogP contribution is 2.09. The molecule has 1 unspecified atom stereocenters. The lowest BCUT2D eigenvalue weighted by atomic mass is 10.1. The van der Waals surface area contributed by atoms with E-state index < -0.39 is 0 Å². The average molecular weight is 251 g/mol. The normalized spacial score (nSPS) is 12.3. The standard InChI is InChI=1S/C13H21N3O2/c1-9(2)11(8-17)15-13(18)10-5-6-12(14-7-10)16(3)4/h5-7,9,11,17H,8H2,1-4H3,(H,15,18). The maximum absolute atomic E-state index is 11.9. The third-order valence-electron chi connectivity index (χ3n) is 2.79. The second-order valence-electron chi connectivity index (χ2n) is 4.81. The molecule has 0 bridgehead atoms. The van der Waals surface area contributed by atoms with Gasteiger partial charge >= 0.3 is 0 Å². The predicted octanol–water partition coefficient (Wildman–Crippen LogP) is 0.894. The van der Waals surface area contributed by atoms with Crippen molar-refractivity contribution < 1.29 is 9.90 Å². The fourth-order valence-electron chi connectivity index (χ4n) is 1.46. The van der Waals surface area contributed by atoms with Gasteiger partial charge in [-0.25, -0.2) is 4.98 Å². The topological polar surface area (TPSA) is 65.5 Å². The number of rotatable bonds is 5. The first-order valence-corrected chi connectivity index (χ1v) is 6.00. The zero-order valence-corrected chi connectivity index (χ0v) is 11.3. The first-order chi connectivity index (χ1) is 8.45. The second kappa shape index (κ2) is 6.35. The quantitative estimate of drug-likeness (QED) is 0.816. The Kier molecular flexibility index (Phi) is 5.09. The molecule has 0 spiro atoms. The third-order valence-corrected chi connectivity index (χ3v) is 2.79. The van der Waals surface area contributed by atoms with E-state index in [4.69, 9.17) is 0 Å². The van der Waals surface area contributed by atoms with E-state index in [1.54, 1.807) is 18.3 Å². The van der Waals surface area contributed by atoms with Crippen molar-refractivity contribution in [2.45, 2.75) is 19.9 Å². The van der Waals surface area contributed by atoms with Crippen molar-refractivity contribution in [2.75, 3.05) is 25.6 Å². The number of nitrogens with one attached hydrogen (secondary N) is 1. The van der Waals surface area contributed by atoms with Crippen LogP contribution in [-0.4, -0.2) is 42.7 Å². The molecule has 0 aliphatic heterocycles. The van der Waals surface area contributed by atoms with Crippen LogP contribution in [0.4, 0.5) is 5.82 Å². The first kappa shape index (κ1) is 14.4. The van der Waals surface area contributed by atoms with E-state index in [9.17, 15) is 9.90 Å². The van der Waals surface area contributed by atoms with Crippen molar-refractivity contribution in [3.8, 4) is 0 Å². The van der Waals surface area contributed by atoms with E-state index in [2.05, 4.69) is 10.3 Å². The minimum absolute atomic E-state index is 0.0629. The molecule has 1 rings (SSSR count). The summed E-state index contributed by atoms with van der Waals surface area (Å²) in [6.07, 6.45) is 1.54. The highest BCUT2D eigenvalue weighted by atomic mass is 16.3. The monoisotopic (exact) mass is 251 g/mol. The van der Waals surface area contributed by atoms with Gasteiger partial charge < -0.3 is 15.3 Å². The Morgan fingerprint density at radius 3 is 2.50 bits per heavy atom. The number of carbonyl (C=O) groups is 1. The predicted molar refractivity (Wildman–Crippen MR) is 71.7 cm³/mol. The lowest BCUT2D eigenvalue weighted by molar-refractivity contribution is 0.0896. The fraction of sp³-hybridized carbons (Fsp3) is 0.538. The van der Waals surface area contributed by atoms with Crippen molar-refractivity contribution in [2.24, 2.45) is 5.92 Å². The summed E-state index contributed by atoms with van der Waals surface area (Å²) in [6.45, 7) is 3.84. The molecule has 1 aromatic rings. The zero-order chi connectivity index (χ0) is 13.7. The van der Waals surface area contributed by atoms with Crippen LogP contribution in [0, 0.1) is 5.92 Å². The summed E-state index contributed by atoms with van der Waals surface area (Å²) < 4.78 is 0. The van der Waals surface area contributed by atoms with Gasteiger partial charge in [-0.2, -0.15) is 0 Å². The van der Waals surface area contributed by atoms with Crippen molar-refractivity contribution in [3.63, 3.8) is 0 Å². The Balaban J connectivity index is 2.72. The molecule has 5 nitrogen and oxygen atoms in total. The Morgan fingerprint density at radius 1 is 1.44 bits per heavy atom. The number of aliphatic hydroxyl groups excluding tert-OH is 1. The van der Waals surface area contributed by atoms with E-state index in [1.807, 2.05) is 32.8 Å². The third kappa shape index (κ3) is 3.70. The number of amides is 1. The maximum atomic E-state index is 11.9. The molecule has 100 valence electrons. The van der Waals surface area contributed by atoms with Gasteiger partial charge in [-0.1, -0.05) is 13.8 Å². The van der Waals surface area contributed by atoms with Crippen LogP contribution in [0.15, 0.2) is 18.3 Å². The summed E-state index contributed by atoms with van der Waals surface area (Å²) in [5.74, 6) is 0.780. The number of anilines is 1. The Bertz CT molecular complexity index is 388. The van der Waals surface area contributed by atoms with E-state index >= 15 is 0 Å². The van der Waals surface area contributed by atoms with Gasteiger partial charge in [0.1, 0.15) is 5.82 Å². The largest absolute Gasteiger partial charge is 0.394 e. The number of aromatic nitrogens is 1. The van der Waals surface area contributed by atoms with E-state index in [-0.39, 0.29) is 24.5 Å². The van der Waals surface area contributed by atoms with Gasteiger partial charge in [-0.05, 0) is 18.1 Å². The van der Waals surface area contributed by atoms with Crippen LogP contribution in [0.2, 0.25) is 0 Å². The summed E-state index contributed by atoms with van der Waals surface area (Å²) in [4.78, 5) is 18.0. The number of nitrogens with zero attached hydrogens (tertiary/aromatic N) is 2. The van der Waals surface area contributed by atoms with Crippen LogP contribution in [-0.2, 0) is 0 Å². The van der Waals surface area contributed by atoms with Gasteiger partial charge in [0, 0.05) is 20.3 Å². The van der Waals surface area contributed by atoms with Gasteiger partial charge in [-0.15, -0.1) is 0 Å². The summed E-state index contributed by atoms with van der Waals surface area (Å²) in [5, 5.41) is 12.0. The number of pyridine rings is 1. The highest BCUT2D eigenvalue weighted by molar-refractivity contribution is 5.94. The van der Waals surface area contributed by atoms with Gasteiger partial charge in [0.05, 0.1) is 18.2 Å². The summed E-state index contributed by atoms with van der Waals surface area (Å²) in [5.41, 5.74) is 0.500. The lowest BCUT2D eigenvalue weighted by Gasteiger charge is -2.20. The number of hydrogen-bond donors (Lipinski definition) is 2. The molecule has 1 atom stereocenters. The Hall–Kier alpha value is -1.62. The van der Waals surface area contributed by atoms with Crippen LogP contribution in [0.5, 0.6) is 0 Å². The average Bonchev–Trinajstić information content (AvgIpc) is 2.35. The van der Waals surface area contributed by atoms with Gasteiger partial charge in [0.2, 0.25) is 0 Å². The SMILES string of the molecule is CC(C)C(CO)NC(=O)c1ccc(N(C)C)nc1. The summed E-state index contributed by atoms with van der Waals surface area (Å²) >= 11 is 0. The molecular weight excluding hydrogens is 230 g/mol. The van der Waals surface area contributed by atoms with Gasteiger partial charge in [0.25, 0.3) is 5.91 Å². The molecule has 0 aliphatic rings. The molecule has 0 saturated heterocycles. The van der Waals surface area contributed by atoms with E-state index in [1.165, 1.54) is 0 Å². The minimum atomic E-state index is -0.231. The van der Waals surface area contributed by atoms with Crippen molar-refractivity contribution in [1.29, 1.82) is 0 Å². The first-order valence-electron chi connectivity index (χ1n) is 6.00. The molecule has 0 radical (unpaired) electrons. The van der Waals surface area contributed by atoms with Crippen LogP contribution < -0.4 is 10.2 Å². The van der Waals surface area contributed by atoms with Crippen LogP contribution in [0.1, 0.15) is 24.2 Å². The summed E-state index contributed by atoms with van der Waals surface area (Å²) in [6, 6.07) is 3.29. The smallest absolute Gasteiger partial charge is 0.253 e. The molecule has 0 fully saturated rings. The molecule has 2 N–H and O–H groups in total. The van der Waals surface area contributed by atoms with E-state index in [0.717, 1.165) is 5.82 Å². The Morgan fingerprint density at radius 2 is 2.11 bits per heavy atom. The molecule has 0 saturated carbocycles. The van der Waals surface area contributed by atoms with Crippen molar-refractivity contribution in [1.82, 2.24) is 10.3 Å². The van der Waals surface area contributed by atoms with Crippen molar-refractivity contribution >= 4 is 11.7 Å². The molecule has 5 heteroatoms. The van der Waals surface area contributed by atoms with Crippen LogP contribution in [0.3, 0.4) is 0 Å². The fourth-order valence-corrected chi connectivity index (χ4v) is 1.46. The van der Waals surface area contributed by atoms with Crippen LogP contribution >= 0.6 is 0 Å². The van der Waals surface area contributed by atoms with Crippen LogP contribution in [0.25, 0.3) is 0 Å². The lowest BCUT2D eigenvalue weighted by Crippen LogP contribution is -2.41. The minimum Gasteiger partial charge on any atom is -0.394 e. The molecule has 18 heavy (non-hydrogen) atoms. The summed E-state index contributed by atoms with van der Waals surface area (Å²) in [7, 11) is 3.78. The van der Waals surface area contributed by atoms with Crippen molar-refractivity contribution in [3.05, 3.63) is 23.9 Å². The maximum Gasteiger partial charge on any atom is 0.253 e. The molecule has 1 heterocycles. The zero-order valence-electron chi connectivity index (χ0n) is 11.3.